The molecule has 0 N–H and O–H groups in total. The summed E-state index contributed by atoms with van der Waals surface area (Å²) in [6.07, 6.45) is 0. The molecule has 2 heteroatoms. The predicted molar refractivity (Wildman–Crippen MR) is 42.8 cm³/mol. The zero-order chi connectivity index (χ0) is 6.69. The summed E-state index contributed by atoms with van der Waals surface area (Å²) in [6, 6.07) is 8.13. The van der Waals surface area contributed by atoms with E-state index in [1.165, 1.54) is 17.2 Å². The molecule has 44 valence electrons. The highest BCUT2D eigenvalue weighted by atomic mass is 32.2. The number of hydrogen-bond acceptors (Lipinski definition) is 1. The summed E-state index contributed by atoms with van der Waals surface area (Å²) in [5, 5.41) is 0. The van der Waals surface area contributed by atoms with Crippen molar-refractivity contribution in [3.63, 3.8) is 0 Å². The Morgan fingerprint density at radius 3 is 2.22 bits per heavy atom. The van der Waals surface area contributed by atoms with Crippen molar-refractivity contribution in [2.75, 3.05) is 0 Å². The third kappa shape index (κ3) is 1.79. The highest BCUT2D eigenvalue weighted by Crippen LogP contribution is 2.12. The molecule has 0 unspecified atom stereocenters. The molecule has 0 bridgehead atoms. The van der Waals surface area contributed by atoms with Crippen molar-refractivity contribution < 1.29 is 0 Å². The second kappa shape index (κ2) is 2.97. The Kier molecular flexibility index (Phi) is 2.23. The molecular weight excluding hydrogens is 127 g/mol. The molecule has 1 rings (SSSR count). The highest BCUT2D eigenvalue weighted by molar-refractivity contribution is 8.19. The lowest BCUT2D eigenvalue weighted by Crippen LogP contribution is -1.70. The van der Waals surface area contributed by atoms with Gasteiger partial charge in [0.1, 0.15) is 0 Å². The summed E-state index contributed by atoms with van der Waals surface area (Å²) in [5.41, 5.74) is 1.27. The maximum absolute atomic E-state index is 5.32. The monoisotopic (exact) mass is 134 g/mol. The average Bonchev–Trinajstić information content (AvgIpc) is 1.90. The predicted octanol–water partition coefficient (Wildman–Crippen LogP) is 2.17. The zero-order valence-electron chi connectivity index (χ0n) is 5.29. The molecule has 9 heavy (non-hydrogen) atoms. The molecule has 0 aliphatic carbocycles. The molecule has 0 nitrogen and oxygen atoms in total. The number of hydrogen-bond donors (Lipinski definition) is 0. The fourth-order valence-corrected chi connectivity index (χ4v) is 0.910. The lowest BCUT2D eigenvalue weighted by molar-refractivity contribution is 1.38. The molecule has 0 spiro atoms. The molecule has 1 aromatic carbocycles. The summed E-state index contributed by atoms with van der Waals surface area (Å²) in [4.78, 5) is 1.11. The van der Waals surface area contributed by atoms with Crippen molar-refractivity contribution in [3.05, 3.63) is 29.8 Å². The average molecular weight is 134 g/mol. The van der Waals surface area contributed by atoms with Crippen molar-refractivity contribution in [2.24, 2.45) is 0 Å². The fraction of sp³-hybridized carbons (Fsp3) is 0.143. The van der Waals surface area contributed by atoms with Gasteiger partial charge in [-0.2, -0.15) is 11.6 Å². The summed E-state index contributed by atoms with van der Waals surface area (Å²) < 4.78 is 0. The van der Waals surface area contributed by atoms with Gasteiger partial charge >= 0.3 is 0 Å². The number of aryl methyl sites for hydroxylation is 1. The van der Waals surface area contributed by atoms with Gasteiger partial charge in [-0.15, -0.1) is 0 Å². The Balaban J connectivity index is 2.88. The van der Waals surface area contributed by atoms with Crippen LogP contribution in [0.15, 0.2) is 29.2 Å². The maximum atomic E-state index is 5.32. The van der Waals surface area contributed by atoms with Gasteiger partial charge in [0.2, 0.25) is 0 Å². The van der Waals surface area contributed by atoms with Gasteiger partial charge in [-0.25, -0.2) is 0 Å². The van der Waals surface area contributed by atoms with Gasteiger partial charge in [0.15, 0.2) is 7.12 Å². The van der Waals surface area contributed by atoms with Crippen molar-refractivity contribution in [3.8, 4) is 0 Å². The van der Waals surface area contributed by atoms with Crippen LogP contribution in [0.5, 0.6) is 0 Å². The van der Waals surface area contributed by atoms with E-state index in [0.717, 1.165) is 4.90 Å². The van der Waals surface area contributed by atoms with Crippen molar-refractivity contribution in [1.29, 1.82) is 0 Å². The molecule has 2 radical (unpaired) electrons. The highest BCUT2D eigenvalue weighted by Gasteiger charge is 1.85. The Bertz CT molecular complexity index is 181. The largest absolute Gasteiger partial charge is 0.193 e. The smallest absolute Gasteiger partial charge is 0.168 e. The topological polar surface area (TPSA) is 0 Å². The van der Waals surface area contributed by atoms with Crippen molar-refractivity contribution in [1.82, 2.24) is 0 Å². The van der Waals surface area contributed by atoms with Crippen molar-refractivity contribution in [2.45, 2.75) is 11.8 Å². The van der Waals surface area contributed by atoms with Crippen LogP contribution < -0.4 is 0 Å². The molecule has 0 fully saturated rings. The van der Waals surface area contributed by atoms with Crippen LogP contribution in [0.4, 0.5) is 0 Å². The normalized spacial score (nSPS) is 9.44. The molecule has 0 aliphatic heterocycles. The van der Waals surface area contributed by atoms with Gasteiger partial charge in [-0.1, -0.05) is 17.7 Å². The zero-order valence-corrected chi connectivity index (χ0v) is 6.11. The Hall–Kier alpha value is -0.365. The minimum atomic E-state index is 1.11. The van der Waals surface area contributed by atoms with E-state index in [1.54, 1.807) is 0 Å². The number of rotatable bonds is 1. The van der Waals surface area contributed by atoms with Crippen LogP contribution in [0.2, 0.25) is 0 Å². The summed E-state index contributed by atoms with van der Waals surface area (Å²) >= 11 is 1.28. The van der Waals surface area contributed by atoms with Crippen LogP contribution in [0.25, 0.3) is 0 Å². The minimum absolute atomic E-state index is 1.11. The van der Waals surface area contributed by atoms with E-state index < -0.39 is 0 Å². The number of benzene rings is 1. The van der Waals surface area contributed by atoms with E-state index in [2.05, 4.69) is 19.1 Å². The minimum Gasteiger partial charge on any atom is -0.193 e. The van der Waals surface area contributed by atoms with Gasteiger partial charge in [-0.05, 0) is 24.0 Å². The van der Waals surface area contributed by atoms with E-state index in [1.807, 2.05) is 12.1 Å². The van der Waals surface area contributed by atoms with Gasteiger partial charge in [0, 0.05) is 0 Å². The second-order valence-corrected chi connectivity index (χ2v) is 2.64. The summed E-state index contributed by atoms with van der Waals surface area (Å²) in [7, 11) is 5.32. The lowest BCUT2D eigenvalue weighted by atomic mass is 10.2. The van der Waals surface area contributed by atoms with Gasteiger partial charge in [0.25, 0.3) is 0 Å². The summed E-state index contributed by atoms with van der Waals surface area (Å²) in [5.74, 6) is 0. The molecule has 0 atom stereocenters. The molecule has 0 saturated heterocycles. The first kappa shape index (κ1) is 6.75. The molecule has 0 amide bonds. The van der Waals surface area contributed by atoms with E-state index in [9.17, 15) is 0 Å². The van der Waals surface area contributed by atoms with Crippen LogP contribution in [0.1, 0.15) is 5.56 Å². The van der Waals surface area contributed by atoms with Crippen LogP contribution >= 0.6 is 11.6 Å². The molecule has 0 aromatic heterocycles. The Labute approximate surface area is 61.0 Å². The van der Waals surface area contributed by atoms with E-state index >= 15 is 0 Å². The van der Waals surface area contributed by atoms with Crippen LogP contribution in [-0.4, -0.2) is 7.12 Å². The first-order valence-corrected chi connectivity index (χ1v) is 3.64. The first-order chi connectivity index (χ1) is 4.33. The molecule has 0 saturated carbocycles. The van der Waals surface area contributed by atoms with Crippen LogP contribution in [0, 0.1) is 6.92 Å². The quantitative estimate of drug-likeness (QED) is 0.530. The van der Waals surface area contributed by atoms with Gasteiger partial charge < -0.3 is 0 Å². The van der Waals surface area contributed by atoms with Crippen molar-refractivity contribution >= 4 is 18.7 Å². The van der Waals surface area contributed by atoms with E-state index in [4.69, 9.17) is 7.12 Å². The SMILES string of the molecule is [B]Sc1ccc(C)cc1. The third-order valence-corrected chi connectivity index (χ3v) is 1.70. The summed E-state index contributed by atoms with van der Waals surface area (Å²) in [6.45, 7) is 2.06. The molecule has 0 heterocycles. The molecule has 0 aliphatic rings. The van der Waals surface area contributed by atoms with E-state index in [0.29, 0.717) is 0 Å². The maximum Gasteiger partial charge on any atom is 0.168 e. The Morgan fingerprint density at radius 1 is 1.22 bits per heavy atom. The van der Waals surface area contributed by atoms with E-state index in [-0.39, 0.29) is 0 Å². The van der Waals surface area contributed by atoms with Gasteiger partial charge in [0.05, 0.1) is 0 Å². The first-order valence-electron chi connectivity index (χ1n) is 2.76. The fourth-order valence-electron chi connectivity index (χ4n) is 0.617. The third-order valence-electron chi connectivity index (χ3n) is 1.16. The van der Waals surface area contributed by atoms with Crippen LogP contribution in [0.3, 0.4) is 0 Å². The Morgan fingerprint density at radius 2 is 1.78 bits per heavy atom. The second-order valence-electron chi connectivity index (χ2n) is 1.93. The molecule has 1 aromatic rings. The lowest BCUT2D eigenvalue weighted by Gasteiger charge is -1.94. The van der Waals surface area contributed by atoms with Gasteiger partial charge in [-0.3, -0.25) is 0 Å². The van der Waals surface area contributed by atoms with Crippen LogP contribution in [-0.2, 0) is 0 Å². The standard InChI is InChI=1S/C7H7BS/c1-6-2-4-7(9-8)5-3-6/h2-5H,1H3. The molecular formula is C7H7BS.